The molecule has 1 fully saturated rings. The molecule has 134 valence electrons. The maximum Gasteiger partial charge on any atom is 0.412 e. The van der Waals surface area contributed by atoms with Gasteiger partial charge < -0.3 is 9.84 Å². The molecule has 0 radical (unpaired) electrons. The lowest BCUT2D eigenvalue weighted by Crippen LogP contribution is -2.35. The average Bonchev–Trinajstić information content (AvgIpc) is 2.52. The number of hydrogen-bond acceptors (Lipinski definition) is 3. The molecule has 2 rings (SSSR count). The minimum Gasteiger partial charge on any atom is -0.504 e. The fourth-order valence-corrected chi connectivity index (χ4v) is 3.61. The van der Waals surface area contributed by atoms with Crippen LogP contribution in [0.4, 0.5) is 10.5 Å². The molecule has 6 heteroatoms. The van der Waals surface area contributed by atoms with E-state index in [0.717, 1.165) is 12.8 Å². The summed E-state index contributed by atoms with van der Waals surface area (Å²) in [5, 5.41) is 13.1. The second kappa shape index (κ2) is 7.83. The summed E-state index contributed by atoms with van der Waals surface area (Å²) in [4.78, 5) is 12.2. The summed E-state index contributed by atoms with van der Waals surface area (Å²) in [5.74, 6) is 1.26. The smallest absolute Gasteiger partial charge is 0.412 e. The Morgan fingerprint density at radius 2 is 2.04 bits per heavy atom. The van der Waals surface area contributed by atoms with Crippen molar-refractivity contribution in [3.63, 3.8) is 0 Å². The lowest BCUT2D eigenvalue weighted by Gasteiger charge is -2.35. The summed E-state index contributed by atoms with van der Waals surface area (Å²) in [6.45, 7) is 8.20. The molecule has 0 bridgehead atoms. The molecule has 1 saturated carbocycles. The van der Waals surface area contributed by atoms with Crippen LogP contribution in [-0.4, -0.2) is 17.3 Å². The van der Waals surface area contributed by atoms with Gasteiger partial charge in [-0.05, 0) is 55.6 Å². The van der Waals surface area contributed by atoms with Crippen LogP contribution < -0.4 is 5.32 Å². The maximum atomic E-state index is 12.2. The third-order valence-corrected chi connectivity index (χ3v) is 5.88. The number of aromatic hydroxyl groups is 1. The summed E-state index contributed by atoms with van der Waals surface area (Å²) in [6.07, 6.45) is 2.37. The van der Waals surface area contributed by atoms with E-state index >= 15 is 0 Å². The van der Waals surface area contributed by atoms with Crippen LogP contribution in [0, 0.1) is 24.7 Å². The van der Waals surface area contributed by atoms with Crippen LogP contribution in [0.15, 0.2) is 6.07 Å². The zero-order chi connectivity index (χ0) is 18.0. The van der Waals surface area contributed by atoms with Crippen molar-refractivity contribution < 1.29 is 14.6 Å². The number of phenols is 1. The van der Waals surface area contributed by atoms with E-state index in [0.29, 0.717) is 28.3 Å². The monoisotopic (exact) mass is 373 g/mol. The van der Waals surface area contributed by atoms with Gasteiger partial charge in [0.05, 0.1) is 10.7 Å². The second-order valence-corrected chi connectivity index (χ2v) is 7.84. The molecule has 0 aromatic heterocycles. The average molecular weight is 374 g/mol. The van der Waals surface area contributed by atoms with Gasteiger partial charge in [-0.3, -0.25) is 5.32 Å². The highest BCUT2D eigenvalue weighted by molar-refractivity contribution is 6.37. The first kappa shape index (κ1) is 19.2. The van der Waals surface area contributed by atoms with E-state index in [4.69, 9.17) is 27.9 Å². The SMILES string of the molecule is Cc1c(Cl)cc(NC(=O)O[C@H]2C[C@H](C(C)C)CC[C@H]2C)c(O)c1Cl. The molecule has 2 N–H and O–H groups in total. The summed E-state index contributed by atoms with van der Waals surface area (Å²) >= 11 is 12.1. The molecule has 24 heavy (non-hydrogen) atoms. The highest BCUT2D eigenvalue weighted by Crippen LogP contribution is 2.39. The summed E-state index contributed by atoms with van der Waals surface area (Å²) in [5.41, 5.74) is 0.722. The van der Waals surface area contributed by atoms with Gasteiger partial charge in [0.2, 0.25) is 0 Å². The number of ether oxygens (including phenoxy) is 1. The lowest BCUT2D eigenvalue weighted by molar-refractivity contribution is 0.0246. The normalized spacial score (nSPS) is 24.0. The molecule has 3 atom stereocenters. The Morgan fingerprint density at radius 1 is 1.38 bits per heavy atom. The minimum absolute atomic E-state index is 0.121. The summed E-state index contributed by atoms with van der Waals surface area (Å²) in [7, 11) is 0. The van der Waals surface area contributed by atoms with E-state index in [1.807, 2.05) is 0 Å². The van der Waals surface area contributed by atoms with Crippen molar-refractivity contribution in [1.82, 2.24) is 0 Å². The third-order valence-electron chi connectivity index (χ3n) is 5.02. The van der Waals surface area contributed by atoms with E-state index in [2.05, 4.69) is 26.1 Å². The maximum absolute atomic E-state index is 12.2. The number of anilines is 1. The molecule has 0 aliphatic heterocycles. The molecule has 1 amide bonds. The van der Waals surface area contributed by atoms with Crippen LogP contribution >= 0.6 is 23.2 Å². The van der Waals surface area contributed by atoms with Crippen molar-refractivity contribution in [3.8, 4) is 5.75 Å². The topological polar surface area (TPSA) is 58.6 Å². The molecule has 0 saturated heterocycles. The molecule has 1 aromatic rings. The van der Waals surface area contributed by atoms with Crippen LogP contribution in [0.1, 0.15) is 45.6 Å². The predicted molar refractivity (Wildman–Crippen MR) is 98.1 cm³/mol. The lowest BCUT2D eigenvalue weighted by atomic mass is 9.76. The number of benzene rings is 1. The van der Waals surface area contributed by atoms with Crippen molar-refractivity contribution in [2.75, 3.05) is 5.32 Å². The standard InChI is InChI=1S/C18H25Cl2NO3/c1-9(2)12-6-5-10(3)15(7-12)24-18(23)21-14-8-13(19)11(4)16(20)17(14)22/h8-10,12,15,22H,5-7H2,1-4H3,(H,21,23)/t10-,12-,15+/m1/s1. The van der Waals surface area contributed by atoms with Gasteiger partial charge in [0.1, 0.15) is 6.10 Å². The molecule has 0 heterocycles. The number of hydrogen-bond donors (Lipinski definition) is 2. The third kappa shape index (κ3) is 4.28. The van der Waals surface area contributed by atoms with Crippen LogP contribution in [0.5, 0.6) is 5.75 Å². The van der Waals surface area contributed by atoms with Gasteiger partial charge in [0.15, 0.2) is 5.75 Å². The van der Waals surface area contributed by atoms with Crippen molar-refractivity contribution in [2.24, 2.45) is 17.8 Å². The number of carbonyl (C=O) groups is 1. The Labute approximate surface area is 153 Å². The molecular weight excluding hydrogens is 349 g/mol. The van der Waals surface area contributed by atoms with E-state index in [9.17, 15) is 9.90 Å². The molecule has 1 aliphatic rings. The Morgan fingerprint density at radius 3 is 2.67 bits per heavy atom. The van der Waals surface area contributed by atoms with Crippen LogP contribution in [-0.2, 0) is 4.74 Å². The zero-order valence-corrected chi connectivity index (χ0v) is 16.0. The molecule has 4 nitrogen and oxygen atoms in total. The largest absolute Gasteiger partial charge is 0.504 e. The predicted octanol–water partition coefficient (Wildman–Crippen LogP) is 6.02. The quantitative estimate of drug-likeness (QED) is 0.637. The van der Waals surface area contributed by atoms with Crippen molar-refractivity contribution in [1.29, 1.82) is 0 Å². The highest BCUT2D eigenvalue weighted by atomic mass is 35.5. The van der Waals surface area contributed by atoms with Crippen LogP contribution in [0.3, 0.4) is 0 Å². The first-order chi connectivity index (χ1) is 11.2. The zero-order valence-electron chi connectivity index (χ0n) is 14.5. The van der Waals surface area contributed by atoms with Gasteiger partial charge in [-0.1, -0.05) is 44.0 Å². The molecule has 1 aromatic carbocycles. The van der Waals surface area contributed by atoms with E-state index in [1.54, 1.807) is 6.92 Å². The Balaban J connectivity index is 2.05. The van der Waals surface area contributed by atoms with E-state index in [-0.39, 0.29) is 22.6 Å². The molecular formula is C18H25Cl2NO3. The number of amides is 1. The van der Waals surface area contributed by atoms with Gasteiger partial charge in [-0.25, -0.2) is 4.79 Å². The van der Waals surface area contributed by atoms with Gasteiger partial charge in [0, 0.05) is 5.02 Å². The number of rotatable bonds is 3. The fourth-order valence-electron chi connectivity index (χ4n) is 3.16. The van der Waals surface area contributed by atoms with Gasteiger partial charge in [-0.2, -0.15) is 0 Å². The number of nitrogens with one attached hydrogen (secondary N) is 1. The van der Waals surface area contributed by atoms with Crippen LogP contribution in [0.2, 0.25) is 10.0 Å². The Kier molecular flexibility index (Phi) is 6.27. The first-order valence-electron chi connectivity index (χ1n) is 8.35. The molecule has 0 spiro atoms. The highest BCUT2D eigenvalue weighted by Gasteiger charge is 2.32. The molecule has 0 unspecified atom stereocenters. The van der Waals surface area contributed by atoms with E-state index < -0.39 is 6.09 Å². The Bertz CT molecular complexity index is 619. The summed E-state index contributed by atoms with van der Waals surface area (Å²) in [6, 6.07) is 1.47. The Hall–Kier alpha value is -1.13. The van der Waals surface area contributed by atoms with Gasteiger partial charge in [0.25, 0.3) is 0 Å². The number of halogens is 2. The molecule has 1 aliphatic carbocycles. The number of carbonyl (C=O) groups excluding carboxylic acids is 1. The van der Waals surface area contributed by atoms with Crippen molar-refractivity contribution in [3.05, 3.63) is 21.7 Å². The summed E-state index contributed by atoms with van der Waals surface area (Å²) < 4.78 is 5.61. The van der Waals surface area contributed by atoms with Crippen molar-refractivity contribution in [2.45, 2.75) is 53.1 Å². The minimum atomic E-state index is -0.595. The first-order valence-corrected chi connectivity index (χ1v) is 9.11. The van der Waals surface area contributed by atoms with E-state index in [1.165, 1.54) is 12.5 Å². The van der Waals surface area contributed by atoms with Gasteiger partial charge >= 0.3 is 6.09 Å². The second-order valence-electron chi connectivity index (χ2n) is 7.06. The van der Waals surface area contributed by atoms with Crippen molar-refractivity contribution >= 4 is 35.0 Å². The fraction of sp³-hybridized carbons (Fsp3) is 0.611. The van der Waals surface area contributed by atoms with Gasteiger partial charge in [-0.15, -0.1) is 0 Å². The number of phenolic OH excluding ortho intramolecular Hbond substituents is 1. The van der Waals surface area contributed by atoms with Crippen LogP contribution in [0.25, 0.3) is 0 Å².